The highest BCUT2D eigenvalue weighted by Crippen LogP contribution is 2.41. The molecular weight excluding hydrogens is 563 g/mol. The first kappa shape index (κ1) is 30.5. The van der Waals surface area contributed by atoms with Gasteiger partial charge in [-0.25, -0.2) is 4.79 Å². The van der Waals surface area contributed by atoms with E-state index in [4.69, 9.17) is 9.47 Å². The Morgan fingerprint density at radius 1 is 0.786 bits per heavy atom. The van der Waals surface area contributed by atoms with E-state index in [-0.39, 0.29) is 16.7 Å². The van der Waals surface area contributed by atoms with E-state index < -0.39 is 65.9 Å². The molecule has 5 atom stereocenters. The van der Waals surface area contributed by atoms with Crippen molar-refractivity contribution in [3.05, 3.63) is 108 Å². The van der Waals surface area contributed by atoms with Gasteiger partial charge in [-0.2, -0.15) is 13.2 Å². The van der Waals surface area contributed by atoms with E-state index in [1.165, 1.54) is 66.0 Å². The van der Waals surface area contributed by atoms with Crippen molar-refractivity contribution >= 4 is 23.4 Å². The number of carbonyl (C=O) groups excluding carboxylic acids is 4. The molecule has 4 N–H and O–H groups in total. The van der Waals surface area contributed by atoms with Crippen LogP contribution in [0.2, 0.25) is 0 Å². The van der Waals surface area contributed by atoms with Gasteiger partial charge in [0.2, 0.25) is 11.6 Å². The zero-order chi connectivity index (χ0) is 30.7. The lowest BCUT2D eigenvalue weighted by Crippen LogP contribution is -2.81. The third kappa shape index (κ3) is 5.67. The quantitative estimate of drug-likeness (QED) is 0.228. The summed E-state index contributed by atoms with van der Waals surface area (Å²) in [6.45, 7) is -1.21. The van der Waals surface area contributed by atoms with Crippen molar-refractivity contribution in [1.82, 2.24) is 5.32 Å². The summed E-state index contributed by atoms with van der Waals surface area (Å²) < 4.78 is 51.3. The lowest BCUT2D eigenvalue weighted by molar-refractivity contribution is -0.307. The average Bonchev–Trinajstić information content (AvgIpc) is 3.00. The number of Topliss-reactive ketones (excluding diaryl/α,β-unsaturated/α-hetero) is 2. The van der Waals surface area contributed by atoms with Gasteiger partial charge in [-0.3, -0.25) is 14.4 Å². The van der Waals surface area contributed by atoms with Crippen LogP contribution in [-0.4, -0.2) is 81.2 Å². The number of aliphatic hydroxyl groups is 3. The van der Waals surface area contributed by atoms with E-state index in [9.17, 15) is 47.7 Å². The van der Waals surface area contributed by atoms with Crippen molar-refractivity contribution in [2.24, 2.45) is 0 Å². The number of carbonyl (C=O) groups is 4. The molecule has 0 saturated carbocycles. The maximum Gasteiger partial charge on any atom is 0.471 e. The number of hydrogen-bond acceptors (Lipinski definition) is 9. The molecule has 3 aromatic rings. The molecular formula is C29H24F3NO9. The van der Waals surface area contributed by atoms with Crippen LogP contribution in [0.25, 0.3) is 0 Å². The minimum absolute atomic E-state index is 0.124. The molecule has 3 aromatic carbocycles. The zero-order valence-electron chi connectivity index (χ0n) is 21.5. The van der Waals surface area contributed by atoms with Crippen LogP contribution in [-0.2, 0) is 14.3 Å². The molecule has 0 aliphatic carbocycles. The molecule has 0 radical (unpaired) electrons. The first-order valence-electron chi connectivity index (χ1n) is 12.4. The molecule has 1 saturated heterocycles. The molecule has 0 aromatic heterocycles. The average molecular weight is 588 g/mol. The van der Waals surface area contributed by atoms with Gasteiger partial charge in [0, 0.05) is 11.1 Å². The Hall–Kier alpha value is -4.43. The molecule has 0 spiro atoms. The third-order valence-corrected chi connectivity index (χ3v) is 6.65. The molecule has 4 rings (SSSR count). The summed E-state index contributed by atoms with van der Waals surface area (Å²) in [5.74, 6) is -10.5. The lowest BCUT2D eigenvalue weighted by atomic mass is 9.71. The normalized spacial score (nSPS) is 25.7. The molecule has 1 unspecified atom stereocenters. The Morgan fingerprint density at radius 3 is 1.69 bits per heavy atom. The topological polar surface area (TPSA) is 159 Å². The van der Waals surface area contributed by atoms with Crippen LogP contribution >= 0.6 is 0 Å². The molecule has 1 fully saturated rings. The van der Waals surface area contributed by atoms with Gasteiger partial charge in [-0.15, -0.1) is 0 Å². The van der Waals surface area contributed by atoms with Gasteiger partial charge in [0.05, 0.1) is 12.2 Å². The molecule has 1 amide bonds. The lowest BCUT2D eigenvalue weighted by Gasteiger charge is -2.53. The minimum Gasteiger partial charge on any atom is -0.452 e. The van der Waals surface area contributed by atoms with Crippen LogP contribution in [0.3, 0.4) is 0 Å². The fourth-order valence-corrected chi connectivity index (χ4v) is 4.65. The number of rotatable bonds is 8. The van der Waals surface area contributed by atoms with Crippen molar-refractivity contribution in [3.63, 3.8) is 0 Å². The van der Waals surface area contributed by atoms with E-state index in [0.717, 1.165) is 24.3 Å². The summed E-state index contributed by atoms with van der Waals surface area (Å²) in [6.07, 6.45) is -10.0. The van der Waals surface area contributed by atoms with Crippen molar-refractivity contribution in [1.29, 1.82) is 0 Å². The molecule has 13 heteroatoms. The molecule has 1 aliphatic rings. The highest BCUT2D eigenvalue weighted by molar-refractivity contribution is 6.08. The van der Waals surface area contributed by atoms with Gasteiger partial charge < -0.3 is 30.1 Å². The van der Waals surface area contributed by atoms with Gasteiger partial charge in [0.1, 0.15) is 12.1 Å². The Balaban J connectivity index is 1.95. The van der Waals surface area contributed by atoms with Crippen molar-refractivity contribution < 1.29 is 57.1 Å². The number of nitrogens with one attached hydrogen (secondary N) is 1. The fraction of sp³-hybridized carbons (Fsp3) is 0.241. The van der Waals surface area contributed by atoms with E-state index in [2.05, 4.69) is 0 Å². The number of hydrogen-bond donors (Lipinski definition) is 4. The molecule has 10 nitrogen and oxygen atoms in total. The van der Waals surface area contributed by atoms with E-state index in [1.54, 1.807) is 6.07 Å². The minimum atomic E-state index is -5.63. The smallest absolute Gasteiger partial charge is 0.452 e. The van der Waals surface area contributed by atoms with Crippen molar-refractivity contribution in [3.8, 4) is 0 Å². The number of aliphatic hydroxyl groups excluding tert-OH is 1. The van der Waals surface area contributed by atoms with Crippen LogP contribution in [0.1, 0.15) is 31.1 Å². The molecule has 0 bridgehead atoms. The summed E-state index contributed by atoms with van der Waals surface area (Å²) in [4.78, 5) is 52.9. The number of halogens is 3. The summed E-state index contributed by atoms with van der Waals surface area (Å²) in [7, 11) is 0. The van der Waals surface area contributed by atoms with Crippen LogP contribution in [0, 0.1) is 0 Å². The van der Waals surface area contributed by atoms with Crippen molar-refractivity contribution in [2.75, 3.05) is 6.61 Å². The Labute approximate surface area is 236 Å². The molecule has 42 heavy (non-hydrogen) atoms. The number of amides is 1. The number of benzene rings is 3. The zero-order valence-corrected chi connectivity index (χ0v) is 21.5. The highest BCUT2D eigenvalue weighted by atomic mass is 19.4. The van der Waals surface area contributed by atoms with E-state index in [0.29, 0.717) is 0 Å². The second-order valence-corrected chi connectivity index (χ2v) is 9.35. The largest absolute Gasteiger partial charge is 0.471 e. The van der Waals surface area contributed by atoms with Gasteiger partial charge in [0.15, 0.2) is 11.7 Å². The van der Waals surface area contributed by atoms with Crippen LogP contribution in [0.4, 0.5) is 13.2 Å². The van der Waals surface area contributed by atoms with Gasteiger partial charge in [-0.05, 0) is 12.1 Å². The molecule has 1 heterocycles. The second-order valence-electron chi connectivity index (χ2n) is 9.35. The number of ketones is 2. The maximum atomic E-state index is 14.0. The summed E-state index contributed by atoms with van der Waals surface area (Å²) >= 11 is 0. The SMILES string of the molecule is O=C(O[C@@H]1[C@@H](CO)OC(O)(C(=O)c2ccccc2)[C@H](NC(=O)C(F)(F)F)[C@]1(O)C(=O)c1ccccc1)c1ccccc1. The maximum absolute atomic E-state index is 14.0. The summed E-state index contributed by atoms with van der Waals surface area (Å²) in [5.41, 5.74) is -4.35. The standard InChI is InChI=1S/C29H24F3NO9/c30-29(31,32)26(38)33-25-27(39,21(35)17-10-4-1-5-11-17)23(41-24(37)19-14-8-3-9-15-19)20(16-34)42-28(25,40)22(36)18-12-6-2-7-13-18/h1-15,20,23,25,34,39-40H,16H2,(H,33,38)/t20-,23-,25-,27+,28?/m1/s1. The van der Waals surface area contributed by atoms with Gasteiger partial charge in [-0.1, -0.05) is 78.9 Å². The first-order chi connectivity index (χ1) is 19.8. The highest BCUT2D eigenvalue weighted by Gasteiger charge is 2.70. The number of ether oxygens (including phenoxy) is 2. The van der Waals surface area contributed by atoms with Crippen LogP contribution in [0.5, 0.6) is 0 Å². The van der Waals surface area contributed by atoms with E-state index >= 15 is 0 Å². The summed E-state index contributed by atoms with van der Waals surface area (Å²) in [5, 5.41) is 35.3. The monoisotopic (exact) mass is 587 g/mol. The number of alkyl halides is 3. The Morgan fingerprint density at radius 2 is 1.24 bits per heavy atom. The molecule has 1 aliphatic heterocycles. The van der Waals surface area contributed by atoms with Crippen LogP contribution in [0.15, 0.2) is 91.0 Å². The fourth-order valence-electron chi connectivity index (χ4n) is 4.65. The summed E-state index contributed by atoms with van der Waals surface area (Å²) in [6, 6.07) is 17.1. The van der Waals surface area contributed by atoms with Gasteiger partial charge >= 0.3 is 18.1 Å². The Kier molecular flexibility index (Phi) is 8.59. The predicted octanol–water partition coefficient (Wildman–Crippen LogP) is 1.84. The molecule has 220 valence electrons. The van der Waals surface area contributed by atoms with Crippen molar-refractivity contribution in [2.45, 2.75) is 35.8 Å². The second kappa shape index (κ2) is 11.8. The van der Waals surface area contributed by atoms with Crippen LogP contribution < -0.4 is 5.32 Å². The number of esters is 1. The predicted molar refractivity (Wildman–Crippen MR) is 137 cm³/mol. The Bertz CT molecular complexity index is 1450. The van der Waals surface area contributed by atoms with Gasteiger partial charge in [0.25, 0.3) is 5.79 Å². The third-order valence-electron chi connectivity index (χ3n) is 6.65. The first-order valence-corrected chi connectivity index (χ1v) is 12.4. The van der Waals surface area contributed by atoms with E-state index in [1.807, 2.05) is 0 Å².